The average Bonchev–Trinajstić information content (AvgIpc) is 3.14. The predicted molar refractivity (Wildman–Crippen MR) is 96.8 cm³/mol. The highest BCUT2D eigenvalue weighted by molar-refractivity contribution is 8.26. The van der Waals surface area contributed by atoms with Crippen LogP contribution in [0.1, 0.15) is 16.1 Å². The third-order valence-electron chi connectivity index (χ3n) is 3.20. The highest BCUT2D eigenvalue weighted by Gasteiger charge is 2.22. The van der Waals surface area contributed by atoms with Gasteiger partial charge in [-0.25, -0.2) is 4.79 Å². The van der Waals surface area contributed by atoms with Crippen LogP contribution < -0.4 is 5.32 Å². The topological polar surface area (TPSA) is 68.5 Å². The third kappa shape index (κ3) is 3.38. The van der Waals surface area contributed by atoms with Crippen LogP contribution in [-0.2, 0) is 9.53 Å². The Bertz CT molecular complexity index is 888. The van der Waals surface area contributed by atoms with Gasteiger partial charge >= 0.3 is 5.97 Å². The predicted octanol–water partition coefficient (Wildman–Crippen LogP) is 3.88. The number of furan rings is 1. The van der Waals surface area contributed by atoms with E-state index in [0.29, 0.717) is 36.9 Å². The van der Waals surface area contributed by atoms with Gasteiger partial charge in [-0.05, 0) is 30.3 Å². The van der Waals surface area contributed by atoms with E-state index >= 15 is 0 Å². The van der Waals surface area contributed by atoms with E-state index in [2.05, 4.69) is 5.32 Å². The van der Waals surface area contributed by atoms with Crippen molar-refractivity contribution in [2.75, 3.05) is 7.11 Å². The van der Waals surface area contributed by atoms with Crippen LogP contribution in [0, 0.1) is 0 Å². The molecule has 24 heavy (non-hydrogen) atoms. The second-order valence-electron chi connectivity index (χ2n) is 4.74. The van der Waals surface area contributed by atoms with Crippen molar-refractivity contribution in [1.82, 2.24) is 5.32 Å². The van der Waals surface area contributed by atoms with Gasteiger partial charge in [0.1, 0.15) is 15.8 Å². The van der Waals surface area contributed by atoms with Gasteiger partial charge in [-0.1, -0.05) is 35.6 Å². The maximum Gasteiger partial charge on any atom is 0.337 e. The number of ether oxygens (including phenoxy) is 1. The van der Waals surface area contributed by atoms with Gasteiger partial charge in [0.2, 0.25) is 0 Å². The minimum absolute atomic E-state index is 0.256. The van der Waals surface area contributed by atoms with Crippen LogP contribution in [0.15, 0.2) is 39.7 Å². The molecule has 0 unspecified atom stereocenters. The van der Waals surface area contributed by atoms with Crippen molar-refractivity contribution in [3.8, 4) is 11.3 Å². The van der Waals surface area contributed by atoms with E-state index in [1.807, 2.05) is 0 Å². The molecule has 122 valence electrons. The van der Waals surface area contributed by atoms with E-state index < -0.39 is 5.97 Å². The van der Waals surface area contributed by atoms with Gasteiger partial charge in [0.25, 0.3) is 5.91 Å². The Morgan fingerprint density at radius 1 is 1.38 bits per heavy atom. The summed E-state index contributed by atoms with van der Waals surface area (Å²) in [6, 6.07) is 8.19. The van der Waals surface area contributed by atoms with Crippen molar-refractivity contribution in [1.29, 1.82) is 0 Å². The van der Waals surface area contributed by atoms with Crippen LogP contribution in [0.5, 0.6) is 0 Å². The number of amides is 1. The summed E-state index contributed by atoms with van der Waals surface area (Å²) >= 11 is 12.3. The first-order chi connectivity index (χ1) is 11.5. The molecule has 1 aliphatic rings. The number of benzene rings is 1. The molecule has 1 fully saturated rings. The third-order valence-corrected chi connectivity index (χ3v) is 4.69. The molecule has 1 aromatic heterocycles. The summed E-state index contributed by atoms with van der Waals surface area (Å²) in [7, 11) is 1.31. The summed E-state index contributed by atoms with van der Waals surface area (Å²) in [6.07, 6.45) is 1.60. The molecule has 0 radical (unpaired) electrons. The molecule has 0 saturated carbocycles. The highest BCUT2D eigenvalue weighted by atomic mass is 35.5. The molecule has 1 saturated heterocycles. The van der Waals surface area contributed by atoms with Gasteiger partial charge in [0, 0.05) is 11.6 Å². The number of methoxy groups -OCH3 is 1. The van der Waals surface area contributed by atoms with Crippen molar-refractivity contribution in [2.45, 2.75) is 0 Å². The SMILES string of the molecule is COC(=O)c1ccc(Cl)c(-c2ccc(/C=C3\SC(=S)NC3=O)o2)c1. The number of rotatable bonds is 3. The molecular weight excluding hydrogens is 370 g/mol. The van der Waals surface area contributed by atoms with Crippen LogP contribution >= 0.6 is 35.6 Å². The Kier molecular flexibility index (Phi) is 4.75. The molecule has 1 N–H and O–H groups in total. The maximum atomic E-state index is 11.7. The summed E-state index contributed by atoms with van der Waals surface area (Å²) in [5.74, 6) is 0.235. The standard InChI is InChI=1S/C16H10ClNO4S2/c1-21-15(20)8-2-4-11(17)10(6-8)12-5-3-9(22-12)7-13-14(19)18-16(23)24-13/h2-7H,1H3,(H,18,19,23)/b13-7-. The first kappa shape index (κ1) is 16.8. The van der Waals surface area contributed by atoms with Crippen molar-refractivity contribution < 1.29 is 18.7 Å². The minimum Gasteiger partial charge on any atom is -0.465 e. The zero-order valence-electron chi connectivity index (χ0n) is 12.3. The molecule has 0 bridgehead atoms. The lowest BCUT2D eigenvalue weighted by molar-refractivity contribution is -0.115. The van der Waals surface area contributed by atoms with E-state index in [9.17, 15) is 9.59 Å². The molecule has 0 aliphatic carbocycles. The van der Waals surface area contributed by atoms with E-state index in [4.69, 9.17) is 33.0 Å². The van der Waals surface area contributed by atoms with Crippen molar-refractivity contribution in [3.63, 3.8) is 0 Å². The lowest BCUT2D eigenvalue weighted by Gasteiger charge is -2.04. The largest absolute Gasteiger partial charge is 0.465 e. The molecule has 3 rings (SSSR count). The van der Waals surface area contributed by atoms with Gasteiger partial charge in [-0.2, -0.15) is 0 Å². The van der Waals surface area contributed by atoms with Gasteiger partial charge in [-0.3, -0.25) is 4.79 Å². The first-order valence-corrected chi connectivity index (χ1v) is 8.31. The van der Waals surface area contributed by atoms with E-state index in [1.54, 1.807) is 36.4 Å². The molecule has 0 atom stereocenters. The van der Waals surface area contributed by atoms with Crippen LogP contribution in [-0.4, -0.2) is 23.3 Å². The average molecular weight is 380 g/mol. The summed E-state index contributed by atoms with van der Waals surface area (Å²) in [6.45, 7) is 0. The Labute approximate surface area is 152 Å². The molecule has 5 nitrogen and oxygen atoms in total. The number of thiocarbonyl (C=S) groups is 1. The zero-order chi connectivity index (χ0) is 17.3. The van der Waals surface area contributed by atoms with Gasteiger partial charge in [0.05, 0.1) is 22.6 Å². The summed E-state index contributed by atoms with van der Waals surface area (Å²) < 4.78 is 10.8. The fourth-order valence-electron chi connectivity index (χ4n) is 2.08. The van der Waals surface area contributed by atoms with Crippen molar-refractivity contribution >= 4 is 57.9 Å². The van der Waals surface area contributed by atoms with E-state index in [0.717, 1.165) is 0 Å². The molecule has 1 amide bonds. The van der Waals surface area contributed by atoms with Gasteiger partial charge < -0.3 is 14.5 Å². The quantitative estimate of drug-likeness (QED) is 0.496. The van der Waals surface area contributed by atoms with Crippen LogP contribution in [0.2, 0.25) is 5.02 Å². The monoisotopic (exact) mass is 379 g/mol. The van der Waals surface area contributed by atoms with Crippen LogP contribution in [0.25, 0.3) is 17.4 Å². The molecule has 1 aliphatic heterocycles. The lowest BCUT2D eigenvalue weighted by Crippen LogP contribution is -2.17. The lowest BCUT2D eigenvalue weighted by atomic mass is 10.1. The zero-order valence-corrected chi connectivity index (χ0v) is 14.7. The molecule has 1 aromatic carbocycles. The highest BCUT2D eigenvalue weighted by Crippen LogP contribution is 2.32. The fourth-order valence-corrected chi connectivity index (χ4v) is 3.32. The Morgan fingerprint density at radius 3 is 2.83 bits per heavy atom. The summed E-state index contributed by atoms with van der Waals surface area (Å²) in [4.78, 5) is 23.8. The maximum absolute atomic E-state index is 11.7. The summed E-state index contributed by atoms with van der Waals surface area (Å²) in [5, 5.41) is 2.97. The Hall–Kier alpha value is -2.09. The number of carbonyl (C=O) groups is 2. The number of thioether (sulfide) groups is 1. The smallest absolute Gasteiger partial charge is 0.337 e. The van der Waals surface area contributed by atoms with Crippen molar-refractivity contribution in [2.24, 2.45) is 0 Å². The van der Waals surface area contributed by atoms with Crippen LogP contribution in [0.3, 0.4) is 0 Å². The van der Waals surface area contributed by atoms with E-state index in [1.165, 1.54) is 18.9 Å². The Balaban J connectivity index is 1.94. The minimum atomic E-state index is -0.464. The molecule has 0 spiro atoms. The number of nitrogens with one attached hydrogen (secondary N) is 1. The van der Waals surface area contributed by atoms with Crippen molar-refractivity contribution in [3.05, 3.63) is 51.6 Å². The summed E-state index contributed by atoms with van der Waals surface area (Å²) in [5.41, 5.74) is 0.924. The Morgan fingerprint density at radius 2 is 2.17 bits per heavy atom. The number of carbonyl (C=O) groups excluding carboxylic acids is 2. The first-order valence-electron chi connectivity index (χ1n) is 6.71. The number of hydrogen-bond acceptors (Lipinski definition) is 6. The number of halogens is 1. The van der Waals surface area contributed by atoms with Crippen LogP contribution in [0.4, 0.5) is 0 Å². The fraction of sp³-hybridized carbons (Fsp3) is 0.0625. The second kappa shape index (κ2) is 6.80. The molecule has 2 heterocycles. The van der Waals surface area contributed by atoms with Gasteiger partial charge in [-0.15, -0.1) is 0 Å². The molecule has 8 heteroatoms. The normalized spacial score (nSPS) is 15.7. The molecule has 2 aromatic rings. The van der Waals surface area contributed by atoms with E-state index in [-0.39, 0.29) is 5.91 Å². The van der Waals surface area contributed by atoms with Gasteiger partial charge in [0.15, 0.2) is 0 Å². The number of esters is 1. The molecular formula is C16H10ClNO4S2. The second-order valence-corrected chi connectivity index (χ2v) is 6.87. The number of hydrogen-bond donors (Lipinski definition) is 1.